The van der Waals surface area contributed by atoms with E-state index < -0.39 is 5.91 Å². The Balaban J connectivity index is 1.92. The van der Waals surface area contributed by atoms with Crippen molar-refractivity contribution in [2.24, 2.45) is 0 Å². The standard InChI is InChI=1S/C19H14ClN3O/c1-12-16(20)6-4-8-17(12)23-19(24)13(10-21)9-14-11-22-18-7-3-2-5-15(14)18/h2-9,11,22H,1H3,(H,23,24)/b13-9-. The third-order valence-electron chi connectivity index (χ3n) is 3.80. The molecule has 0 aliphatic carbocycles. The van der Waals surface area contributed by atoms with Crippen LogP contribution in [0.5, 0.6) is 0 Å². The lowest BCUT2D eigenvalue weighted by Gasteiger charge is -2.08. The minimum Gasteiger partial charge on any atom is -0.361 e. The highest BCUT2D eigenvalue weighted by Gasteiger charge is 2.13. The van der Waals surface area contributed by atoms with Crippen LogP contribution in [0, 0.1) is 18.3 Å². The van der Waals surface area contributed by atoms with E-state index in [-0.39, 0.29) is 5.57 Å². The van der Waals surface area contributed by atoms with Crippen LogP contribution in [0.2, 0.25) is 5.02 Å². The molecular weight excluding hydrogens is 322 g/mol. The van der Waals surface area contributed by atoms with Crippen molar-refractivity contribution in [3.8, 4) is 6.07 Å². The van der Waals surface area contributed by atoms with Gasteiger partial charge in [-0.1, -0.05) is 35.9 Å². The van der Waals surface area contributed by atoms with Crippen molar-refractivity contribution in [1.82, 2.24) is 4.98 Å². The van der Waals surface area contributed by atoms with Crippen molar-refractivity contribution in [2.45, 2.75) is 6.92 Å². The number of benzene rings is 2. The van der Waals surface area contributed by atoms with Gasteiger partial charge in [0, 0.05) is 33.4 Å². The second-order valence-corrected chi connectivity index (χ2v) is 5.73. The number of H-pyrrole nitrogens is 1. The lowest BCUT2D eigenvalue weighted by atomic mass is 10.1. The third kappa shape index (κ3) is 3.03. The van der Waals surface area contributed by atoms with Gasteiger partial charge in [-0.25, -0.2) is 0 Å². The molecule has 1 amide bonds. The summed E-state index contributed by atoms with van der Waals surface area (Å²) in [6.07, 6.45) is 3.36. The van der Waals surface area contributed by atoms with Crippen LogP contribution in [0.1, 0.15) is 11.1 Å². The summed E-state index contributed by atoms with van der Waals surface area (Å²) in [6.45, 7) is 1.81. The zero-order valence-corrected chi connectivity index (χ0v) is 13.7. The van der Waals surface area contributed by atoms with E-state index >= 15 is 0 Å². The van der Waals surface area contributed by atoms with Gasteiger partial charge in [0.25, 0.3) is 5.91 Å². The average Bonchev–Trinajstić information content (AvgIpc) is 3.00. The Morgan fingerprint density at radius 3 is 2.83 bits per heavy atom. The predicted octanol–water partition coefficient (Wildman–Crippen LogP) is 4.68. The molecule has 1 heterocycles. The lowest BCUT2D eigenvalue weighted by molar-refractivity contribution is -0.112. The number of aromatic nitrogens is 1. The molecule has 3 rings (SSSR count). The number of aromatic amines is 1. The van der Waals surface area contributed by atoms with Crippen molar-refractivity contribution in [1.29, 1.82) is 5.26 Å². The van der Waals surface area contributed by atoms with E-state index in [1.165, 1.54) is 0 Å². The molecule has 0 saturated carbocycles. The molecule has 0 saturated heterocycles. The molecule has 0 fully saturated rings. The summed E-state index contributed by atoms with van der Waals surface area (Å²) >= 11 is 6.06. The molecule has 3 aromatic rings. The molecule has 0 aliphatic rings. The highest BCUT2D eigenvalue weighted by molar-refractivity contribution is 6.31. The molecule has 0 unspecified atom stereocenters. The molecule has 0 bridgehead atoms. The molecule has 1 aromatic heterocycles. The number of hydrogen-bond donors (Lipinski definition) is 2. The first-order valence-corrected chi connectivity index (χ1v) is 7.72. The molecule has 4 nitrogen and oxygen atoms in total. The normalized spacial score (nSPS) is 11.3. The van der Waals surface area contributed by atoms with Gasteiger partial charge in [-0.15, -0.1) is 0 Å². The van der Waals surface area contributed by atoms with Gasteiger partial charge in [0.15, 0.2) is 0 Å². The highest BCUT2D eigenvalue weighted by atomic mass is 35.5. The summed E-state index contributed by atoms with van der Waals surface area (Å²) < 4.78 is 0. The molecule has 0 spiro atoms. The summed E-state index contributed by atoms with van der Waals surface area (Å²) in [5.41, 5.74) is 3.12. The number of nitrogens with zero attached hydrogens (tertiary/aromatic N) is 1. The Kier molecular flexibility index (Phi) is 4.37. The SMILES string of the molecule is Cc1c(Cl)cccc1NC(=O)/C(C#N)=C\c1c[nH]c2ccccc12. The van der Waals surface area contributed by atoms with Gasteiger partial charge in [0.1, 0.15) is 11.6 Å². The number of rotatable bonds is 3. The van der Waals surface area contributed by atoms with Gasteiger partial charge < -0.3 is 10.3 Å². The van der Waals surface area contributed by atoms with E-state index in [4.69, 9.17) is 11.6 Å². The van der Waals surface area contributed by atoms with E-state index in [9.17, 15) is 10.1 Å². The topological polar surface area (TPSA) is 68.7 Å². The molecule has 2 N–H and O–H groups in total. The maximum absolute atomic E-state index is 12.4. The minimum absolute atomic E-state index is 0.0270. The molecule has 0 aliphatic heterocycles. The van der Waals surface area contributed by atoms with E-state index in [1.54, 1.807) is 30.5 Å². The molecule has 2 aromatic carbocycles. The van der Waals surface area contributed by atoms with Crippen LogP contribution in [-0.2, 0) is 4.79 Å². The smallest absolute Gasteiger partial charge is 0.266 e. The van der Waals surface area contributed by atoms with Crippen molar-refractivity contribution in [3.63, 3.8) is 0 Å². The van der Waals surface area contributed by atoms with Gasteiger partial charge in [0.05, 0.1) is 0 Å². The van der Waals surface area contributed by atoms with Gasteiger partial charge in [-0.2, -0.15) is 5.26 Å². The fraction of sp³-hybridized carbons (Fsp3) is 0.0526. The zero-order chi connectivity index (χ0) is 17.1. The molecule has 24 heavy (non-hydrogen) atoms. The quantitative estimate of drug-likeness (QED) is 0.539. The first-order chi connectivity index (χ1) is 11.6. The number of nitrogens with one attached hydrogen (secondary N) is 2. The van der Waals surface area contributed by atoms with Crippen LogP contribution in [-0.4, -0.2) is 10.9 Å². The number of halogens is 1. The first kappa shape index (κ1) is 15.9. The van der Waals surface area contributed by atoms with Gasteiger partial charge in [-0.05, 0) is 36.8 Å². The second-order valence-electron chi connectivity index (χ2n) is 5.33. The molecule has 118 valence electrons. The van der Waals surface area contributed by atoms with Crippen LogP contribution in [0.3, 0.4) is 0 Å². The molecule has 5 heteroatoms. The second kappa shape index (κ2) is 6.61. The molecule has 0 atom stereocenters. The maximum Gasteiger partial charge on any atom is 0.266 e. The summed E-state index contributed by atoms with van der Waals surface area (Å²) in [4.78, 5) is 15.5. The van der Waals surface area contributed by atoms with Crippen molar-refractivity contribution in [2.75, 3.05) is 5.32 Å². The molecule has 0 radical (unpaired) electrons. The van der Waals surface area contributed by atoms with Gasteiger partial charge >= 0.3 is 0 Å². The summed E-state index contributed by atoms with van der Waals surface area (Å²) in [5.74, 6) is -0.465. The highest BCUT2D eigenvalue weighted by Crippen LogP contribution is 2.24. The first-order valence-electron chi connectivity index (χ1n) is 7.34. The minimum atomic E-state index is -0.465. The van der Waals surface area contributed by atoms with Crippen LogP contribution < -0.4 is 5.32 Å². The third-order valence-corrected chi connectivity index (χ3v) is 4.21. The summed E-state index contributed by atoms with van der Waals surface area (Å²) in [6, 6.07) is 14.9. The van der Waals surface area contributed by atoms with Crippen molar-refractivity contribution >= 4 is 40.2 Å². The maximum atomic E-state index is 12.4. The van der Waals surface area contributed by atoms with E-state index in [2.05, 4.69) is 10.3 Å². The number of carbonyl (C=O) groups excluding carboxylic acids is 1. The van der Waals surface area contributed by atoms with Gasteiger partial charge in [-0.3, -0.25) is 4.79 Å². The number of amides is 1. The van der Waals surface area contributed by atoms with Crippen LogP contribution in [0.4, 0.5) is 5.69 Å². The Hall–Kier alpha value is -3.03. The number of fused-ring (bicyclic) bond motifs is 1. The predicted molar refractivity (Wildman–Crippen MR) is 96.7 cm³/mol. The largest absolute Gasteiger partial charge is 0.361 e. The van der Waals surface area contributed by atoms with Gasteiger partial charge in [0.2, 0.25) is 0 Å². The van der Waals surface area contributed by atoms with Crippen molar-refractivity contribution in [3.05, 3.63) is 70.4 Å². The number of para-hydroxylation sites is 1. The Bertz CT molecular complexity index is 995. The monoisotopic (exact) mass is 335 g/mol. The fourth-order valence-corrected chi connectivity index (χ4v) is 2.62. The lowest BCUT2D eigenvalue weighted by Crippen LogP contribution is -2.14. The van der Waals surface area contributed by atoms with E-state index in [1.807, 2.05) is 37.3 Å². The zero-order valence-electron chi connectivity index (χ0n) is 12.9. The van der Waals surface area contributed by atoms with Crippen molar-refractivity contribution < 1.29 is 4.79 Å². The fourth-order valence-electron chi connectivity index (χ4n) is 2.45. The average molecular weight is 336 g/mol. The number of carbonyl (C=O) groups is 1. The van der Waals surface area contributed by atoms with E-state index in [0.29, 0.717) is 10.7 Å². The summed E-state index contributed by atoms with van der Waals surface area (Å²) in [7, 11) is 0. The number of hydrogen-bond acceptors (Lipinski definition) is 2. The summed E-state index contributed by atoms with van der Waals surface area (Å²) in [5, 5.41) is 13.6. The Labute approximate surface area is 144 Å². The van der Waals surface area contributed by atoms with Crippen LogP contribution in [0.15, 0.2) is 54.2 Å². The number of anilines is 1. The van der Waals surface area contributed by atoms with Crippen LogP contribution >= 0.6 is 11.6 Å². The van der Waals surface area contributed by atoms with Crippen LogP contribution in [0.25, 0.3) is 17.0 Å². The number of nitriles is 1. The molecular formula is C19H14ClN3O. The Morgan fingerprint density at radius 1 is 1.25 bits per heavy atom. The Morgan fingerprint density at radius 2 is 2.04 bits per heavy atom. The van der Waals surface area contributed by atoms with E-state index in [0.717, 1.165) is 22.0 Å².